The van der Waals surface area contributed by atoms with Gasteiger partial charge in [-0.05, 0) is 0 Å². The average Bonchev–Trinajstić information content (AvgIpc) is 2.78. The molecule has 1 aliphatic rings. The Morgan fingerprint density at radius 3 is 2.88 bits per heavy atom. The lowest BCUT2D eigenvalue weighted by Crippen LogP contribution is -2.24. The van der Waals surface area contributed by atoms with Crippen LogP contribution in [0.25, 0.3) is 0 Å². The number of aliphatic hydroxyl groups is 1. The zero-order valence-corrected chi connectivity index (χ0v) is 9.60. The molecular formula is C13H16N2O2. The van der Waals surface area contributed by atoms with Crippen molar-refractivity contribution < 1.29 is 9.90 Å². The van der Waals surface area contributed by atoms with Gasteiger partial charge in [-0.2, -0.15) is 0 Å². The number of hydrogen-bond donors (Lipinski definition) is 2. The molecule has 17 heavy (non-hydrogen) atoms. The van der Waals surface area contributed by atoms with Crippen LogP contribution in [0, 0.1) is 0 Å². The highest BCUT2D eigenvalue weighted by Gasteiger charge is 2.16. The van der Waals surface area contributed by atoms with Crippen molar-refractivity contribution in [3.05, 3.63) is 47.8 Å². The van der Waals surface area contributed by atoms with E-state index in [1.165, 1.54) is 0 Å². The first-order chi connectivity index (χ1) is 8.31. The maximum Gasteiger partial charge on any atom is 0.189 e. The first kappa shape index (κ1) is 11.7. The van der Waals surface area contributed by atoms with E-state index >= 15 is 0 Å². The van der Waals surface area contributed by atoms with Crippen LogP contribution in [0.1, 0.15) is 10.4 Å². The predicted molar refractivity (Wildman–Crippen MR) is 65.5 cm³/mol. The number of carbonyl (C=O) groups excluding carboxylic acids is 1. The molecule has 1 aliphatic heterocycles. The molecule has 0 aliphatic carbocycles. The molecule has 2 N–H and O–H groups in total. The number of aliphatic hydroxyl groups excluding tert-OH is 1. The first-order valence-electron chi connectivity index (χ1n) is 5.72. The summed E-state index contributed by atoms with van der Waals surface area (Å²) in [7, 11) is 0. The van der Waals surface area contributed by atoms with Crippen molar-refractivity contribution in [3.63, 3.8) is 0 Å². The molecule has 1 saturated heterocycles. The fraction of sp³-hybridized carbons (Fsp3) is 0.308. The maximum absolute atomic E-state index is 11.9. The number of ketones is 1. The molecular weight excluding hydrogens is 216 g/mol. The fourth-order valence-electron chi connectivity index (χ4n) is 1.86. The number of nitrogens with zero attached hydrogens (tertiary/aromatic N) is 1. The van der Waals surface area contributed by atoms with Gasteiger partial charge in [-0.15, -0.1) is 0 Å². The minimum Gasteiger partial charge on any atom is -0.395 e. The van der Waals surface area contributed by atoms with E-state index in [0.717, 1.165) is 18.9 Å². The molecule has 0 bridgehead atoms. The molecule has 1 aromatic carbocycles. The summed E-state index contributed by atoms with van der Waals surface area (Å²) in [4.78, 5) is 13.9. The van der Waals surface area contributed by atoms with Gasteiger partial charge in [0.1, 0.15) is 5.82 Å². The van der Waals surface area contributed by atoms with Crippen LogP contribution in [0.3, 0.4) is 0 Å². The van der Waals surface area contributed by atoms with Crippen LogP contribution in [0.5, 0.6) is 0 Å². The second-order valence-electron chi connectivity index (χ2n) is 3.90. The van der Waals surface area contributed by atoms with Crippen molar-refractivity contribution in [2.75, 3.05) is 26.2 Å². The highest BCUT2D eigenvalue weighted by Crippen LogP contribution is 2.09. The third kappa shape index (κ3) is 2.85. The molecule has 0 amide bonds. The van der Waals surface area contributed by atoms with E-state index < -0.39 is 0 Å². The Hall–Kier alpha value is -1.81. The summed E-state index contributed by atoms with van der Waals surface area (Å²) >= 11 is 0. The van der Waals surface area contributed by atoms with Crippen molar-refractivity contribution >= 4 is 5.78 Å². The Labute approximate surface area is 101 Å². The van der Waals surface area contributed by atoms with Crippen LogP contribution in [-0.4, -0.2) is 42.0 Å². The van der Waals surface area contributed by atoms with Crippen molar-refractivity contribution in [1.82, 2.24) is 10.2 Å². The van der Waals surface area contributed by atoms with Crippen LogP contribution in [0.2, 0.25) is 0 Å². The molecule has 0 saturated carbocycles. The maximum atomic E-state index is 11.9. The minimum absolute atomic E-state index is 0.0158. The molecule has 0 aromatic heterocycles. The smallest absolute Gasteiger partial charge is 0.189 e. The molecule has 1 heterocycles. The molecule has 0 spiro atoms. The largest absolute Gasteiger partial charge is 0.395 e. The Morgan fingerprint density at radius 2 is 2.18 bits per heavy atom. The monoisotopic (exact) mass is 232 g/mol. The van der Waals surface area contributed by atoms with E-state index in [4.69, 9.17) is 5.11 Å². The lowest BCUT2D eigenvalue weighted by atomic mass is 10.1. The molecule has 0 radical (unpaired) electrons. The number of benzene rings is 1. The predicted octanol–water partition coefficient (Wildman–Crippen LogP) is 0.608. The second-order valence-corrected chi connectivity index (χ2v) is 3.90. The summed E-state index contributed by atoms with van der Waals surface area (Å²) in [5.41, 5.74) is 0.678. The van der Waals surface area contributed by atoms with Gasteiger partial charge in [-0.25, -0.2) is 0 Å². The van der Waals surface area contributed by atoms with Gasteiger partial charge in [0.05, 0.1) is 6.61 Å². The average molecular weight is 232 g/mol. The second kappa shape index (κ2) is 5.50. The summed E-state index contributed by atoms with van der Waals surface area (Å²) < 4.78 is 0. The molecule has 4 nitrogen and oxygen atoms in total. The van der Waals surface area contributed by atoms with Gasteiger partial charge in [0.25, 0.3) is 0 Å². The molecule has 0 atom stereocenters. The first-order valence-corrected chi connectivity index (χ1v) is 5.72. The summed E-state index contributed by atoms with van der Waals surface area (Å²) in [5, 5.41) is 12.1. The van der Waals surface area contributed by atoms with E-state index in [1.807, 2.05) is 23.1 Å². The molecule has 90 valence electrons. The number of hydrogen-bond acceptors (Lipinski definition) is 4. The lowest BCUT2D eigenvalue weighted by molar-refractivity contribution is 0.104. The topological polar surface area (TPSA) is 52.6 Å². The molecule has 0 unspecified atom stereocenters. The van der Waals surface area contributed by atoms with E-state index in [0.29, 0.717) is 12.1 Å². The van der Waals surface area contributed by atoms with Crippen molar-refractivity contribution in [3.8, 4) is 0 Å². The van der Waals surface area contributed by atoms with Crippen LogP contribution < -0.4 is 5.32 Å². The Balaban J connectivity index is 2.11. The molecule has 4 heteroatoms. The highest BCUT2D eigenvalue weighted by atomic mass is 16.3. The zero-order chi connectivity index (χ0) is 12.1. The van der Waals surface area contributed by atoms with Crippen molar-refractivity contribution in [1.29, 1.82) is 0 Å². The van der Waals surface area contributed by atoms with Gasteiger partial charge < -0.3 is 15.3 Å². The van der Waals surface area contributed by atoms with Crippen LogP contribution in [0.4, 0.5) is 0 Å². The highest BCUT2D eigenvalue weighted by molar-refractivity contribution is 6.04. The van der Waals surface area contributed by atoms with Gasteiger partial charge >= 0.3 is 0 Å². The van der Waals surface area contributed by atoms with Gasteiger partial charge in [-0.3, -0.25) is 4.79 Å². The number of rotatable bonds is 4. The summed E-state index contributed by atoms with van der Waals surface area (Å²) in [6.07, 6.45) is 1.60. The van der Waals surface area contributed by atoms with Gasteiger partial charge in [0.15, 0.2) is 5.78 Å². The standard InChI is InChI=1S/C13H16N2O2/c16-9-8-15-7-6-14-13(15)10-12(17)11-4-2-1-3-5-11/h1-5,10,14,16H,6-9H2/b13-10+. The van der Waals surface area contributed by atoms with Gasteiger partial charge in [0.2, 0.25) is 0 Å². The number of β-amino-alcohol motifs (C(OH)–C–C–N with tert-alkyl or cyclic N) is 1. The van der Waals surface area contributed by atoms with E-state index in [1.54, 1.807) is 18.2 Å². The third-order valence-electron chi connectivity index (χ3n) is 2.72. The van der Waals surface area contributed by atoms with Crippen molar-refractivity contribution in [2.45, 2.75) is 0 Å². The summed E-state index contributed by atoms with van der Waals surface area (Å²) in [6.45, 7) is 2.29. The molecule has 1 fully saturated rings. The minimum atomic E-state index is -0.0158. The van der Waals surface area contributed by atoms with Crippen molar-refractivity contribution in [2.24, 2.45) is 0 Å². The SMILES string of the molecule is O=C(/C=C1\NCCN1CCO)c1ccccc1. The fourth-order valence-corrected chi connectivity index (χ4v) is 1.86. The quantitative estimate of drug-likeness (QED) is 0.590. The number of carbonyl (C=O) groups is 1. The Bertz CT molecular complexity index is 415. The van der Waals surface area contributed by atoms with Crippen LogP contribution in [-0.2, 0) is 0 Å². The summed E-state index contributed by atoms with van der Waals surface area (Å²) in [5.74, 6) is 0.783. The Morgan fingerprint density at radius 1 is 1.41 bits per heavy atom. The van der Waals surface area contributed by atoms with E-state index in [-0.39, 0.29) is 12.4 Å². The number of nitrogens with one attached hydrogen (secondary N) is 1. The van der Waals surface area contributed by atoms with E-state index in [9.17, 15) is 4.79 Å². The number of allylic oxidation sites excluding steroid dienone is 1. The van der Waals surface area contributed by atoms with E-state index in [2.05, 4.69) is 5.32 Å². The van der Waals surface area contributed by atoms with Crippen LogP contribution >= 0.6 is 0 Å². The zero-order valence-electron chi connectivity index (χ0n) is 9.60. The summed E-state index contributed by atoms with van der Waals surface area (Å²) in [6, 6.07) is 9.17. The normalized spacial score (nSPS) is 17.2. The lowest BCUT2D eigenvalue weighted by Gasteiger charge is -2.16. The van der Waals surface area contributed by atoms with Gasteiger partial charge in [-0.1, -0.05) is 30.3 Å². The molecule has 2 rings (SSSR count). The Kier molecular flexibility index (Phi) is 3.77. The molecule has 1 aromatic rings. The van der Waals surface area contributed by atoms with Gasteiger partial charge in [0, 0.05) is 31.3 Å². The third-order valence-corrected chi connectivity index (χ3v) is 2.72. The van der Waals surface area contributed by atoms with Crippen LogP contribution in [0.15, 0.2) is 42.2 Å².